The van der Waals surface area contributed by atoms with Gasteiger partial charge in [0, 0.05) is 19.6 Å². The van der Waals surface area contributed by atoms with Crippen molar-refractivity contribution in [1.29, 1.82) is 0 Å². The molecule has 1 N–H and O–H groups in total. The molecule has 2 unspecified atom stereocenters. The second kappa shape index (κ2) is 7.91. The van der Waals surface area contributed by atoms with Crippen LogP contribution in [0.2, 0.25) is 0 Å². The van der Waals surface area contributed by atoms with Crippen LogP contribution in [0.1, 0.15) is 13.3 Å². The van der Waals surface area contributed by atoms with E-state index in [1.54, 1.807) is 6.08 Å². The molecule has 19 heavy (non-hydrogen) atoms. The zero-order valence-corrected chi connectivity index (χ0v) is 11.6. The van der Waals surface area contributed by atoms with Crippen LogP contribution >= 0.6 is 0 Å². The van der Waals surface area contributed by atoms with Crippen molar-refractivity contribution >= 4 is 11.9 Å². The molecule has 1 heterocycles. The summed E-state index contributed by atoms with van der Waals surface area (Å²) in [5.74, 6) is -0.339. The lowest BCUT2D eigenvalue weighted by molar-refractivity contribution is -0.146. The number of nitrogens with zero attached hydrogens (tertiary/aromatic N) is 1. The first-order valence-electron chi connectivity index (χ1n) is 6.39. The predicted molar refractivity (Wildman–Crippen MR) is 70.6 cm³/mol. The lowest BCUT2D eigenvalue weighted by atomic mass is 10.1. The number of methoxy groups -OCH3 is 1. The third-order valence-electron chi connectivity index (χ3n) is 3.14. The van der Waals surface area contributed by atoms with E-state index in [4.69, 9.17) is 4.74 Å². The molecule has 0 aromatic heterocycles. The summed E-state index contributed by atoms with van der Waals surface area (Å²) in [6.07, 6.45) is 1.65. The average Bonchev–Trinajstić information content (AvgIpc) is 2.44. The Bertz CT molecular complexity index is 333. The lowest BCUT2D eigenvalue weighted by Gasteiger charge is -2.35. The maximum absolute atomic E-state index is 11.9. The maximum atomic E-state index is 11.9. The summed E-state index contributed by atoms with van der Waals surface area (Å²) in [6, 6.07) is -0.246. The van der Waals surface area contributed by atoms with Gasteiger partial charge in [-0.2, -0.15) is 0 Å². The molecule has 6 nitrogen and oxygen atoms in total. The maximum Gasteiger partial charge on any atom is 0.308 e. The van der Waals surface area contributed by atoms with Crippen LogP contribution < -0.4 is 5.32 Å². The van der Waals surface area contributed by atoms with Gasteiger partial charge in [0.25, 0.3) is 0 Å². The highest BCUT2D eigenvalue weighted by Crippen LogP contribution is 2.12. The molecule has 1 fully saturated rings. The van der Waals surface area contributed by atoms with Crippen molar-refractivity contribution < 1.29 is 19.1 Å². The van der Waals surface area contributed by atoms with Gasteiger partial charge in [0.15, 0.2) is 0 Å². The largest absolute Gasteiger partial charge is 0.469 e. The van der Waals surface area contributed by atoms with Gasteiger partial charge < -0.3 is 14.8 Å². The van der Waals surface area contributed by atoms with E-state index in [1.165, 1.54) is 7.11 Å². The Morgan fingerprint density at radius 2 is 2.37 bits per heavy atom. The highest BCUT2D eigenvalue weighted by atomic mass is 16.5. The molecule has 0 radical (unpaired) electrons. The van der Waals surface area contributed by atoms with Gasteiger partial charge in [-0.05, 0) is 6.92 Å². The van der Waals surface area contributed by atoms with Crippen molar-refractivity contribution in [1.82, 2.24) is 10.2 Å². The standard InChI is InChI=1S/C13H22N2O4/c1-4-5-14-13(17)10(2)15-6-7-19-11(9-15)8-12(16)18-3/h4,10-11H,1,5-9H2,2-3H3,(H,14,17). The molecule has 108 valence electrons. The first-order valence-corrected chi connectivity index (χ1v) is 6.39. The average molecular weight is 270 g/mol. The van der Waals surface area contributed by atoms with Crippen LogP contribution in [0.15, 0.2) is 12.7 Å². The molecule has 2 atom stereocenters. The van der Waals surface area contributed by atoms with Gasteiger partial charge in [-0.3, -0.25) is 14.5 Å². The van der Waals surface area contributed by atoms with Crippen LogP contribution in [0.3, 0.4) is 0 Å². The predicted octanol–water partition coefficient (Wildman–Crippen LogP) is -0.0590. The number of morpholine rings is 1. The van der Waals surface area contributed by atoms with E-state index in [0.717, 1.165) is 0 Å². The number of carbonyl (C=O) groups is 2. The highest BCUT2D eigenvalue weighted by molar-refractivity contribution is 5.81. The van der Waals surface area contributed by atoms with Gasteiger partial charge in [0.05, 0.1) is 32.3 Å². The van der Waals surface area contributed by atoms with E-state index in [9.17, 15) is 9.59 Å². The Morgan fingerprint density at radius 1 is 1.63 bits per heavy atom. The smallest absolute Gasteiger partial charge is 0.308 e. The van der Waals surface area contributed by atoms with Crippen LogP contribution in [0.25, 0.3) is 0 Å². The minimum absolute atomic E-state index is 0.0429. The highest BCUT2D eigenvalue weighted by Gasteiger charge is 2.28. The van der Waals surface area contributed by atoms with Crippen molar-refractivity contribution in [2.75, 3.05) is 33.4 Å². The molecule has 1 saturated heterocycles. The zero-order chi connectivity index (χ0) is 14.3. The summed E-state index contributed by atoms with van der Waals surface area (Å²) in [5.41, 5.74) is 0. The molecule has 1 aliphatic heterocycles. The minimum Gasteiger partial charge on any atom is -0.469 e. The number of esters is 1. The third kappa shape index (κ3) is 5.00. The summed E-state index contributed by atoms with van der Waals surface area (Å²) >= 11 is 0. The van der Waals surface area contributed by atoms with Crippen LogP contribution in [-0.4, -0.2) is 62.3 Å². The monoisotopic (exact) mass is 270 g/mol. The molecule has 0 spiro atoms. The van der Waals surface area contributed by atoms with E-state index in [2.05, 4.69) is 16.6 Å². The van der Waals surface area contributed by atoms with Gasteiger partial charge in [-0.15, -0.1) is 6.58 Å². The molecule has 1 amide bonds. The third-order valence-corrected chi connectivity index (χ3v) is 3.14. The quantitative estimate of drug-likeness (QED) is 0.541. The number of rotatable bonds is 6. The number of hydrogen-bond donors (Lipinski definition) is 1. The molecule has 1 rings (SSSR count). The van der Waals surface area contributed by atoms with Crippen molar-refractivity contribution in [2.45, 2.75) is 25.5 Å². The second-order valence-electron chi connectivity index (χ2n) is 4.48. The molecule has 0 aliphatic carbocycles. The summed E-state index contributed by atoms with van der Waals surface area (Å²) in [6.45, 7) is 7.61. The number of hydrogen-bond acceptors (Lipinski definition) is 5. The number of nitrogens with one attached hydrogen (secondary N) is 1. The fourth-order valence-electron chi connectivity index (χ4n) is 1.97. The van der Waals surface area contributed by atoms with Crippen molar-refractivity contribution in [3.05, 3.63) is 12.7 Å². The summed E-state index contributed by atoms with van der Waals surface area (Å²) in [7, 11) is 1.36. The molecule has 0 saturated carbocycles. The van der Waals surface area contributed by atoms with Gasteiger partial charge in [0.2, 0.25) is 5.91 Å². The molecule has 0 aromatic rings. The summed E-state index contributed by atoms with van der Waals surface area (Å²) in [4.78, 5) is 25.1. The molecule has 0 aromatic carbocycles. The van der Waals surface area contributed by atoms with Gasteiger partial charge in [-0.25, -0.2) is 0 Å². The van der Waals surface area contributed by atoms with Crippen LogP contribution in [0.5, 0.6) is 0 Å². The number of ether oxygens (including phenoxy) is 2. The summed E-state index contributed by atoms with van der Waals surface area (Å²) in [5, 5.41) is 2.77. The fourth-order valence-corrected chi connectivity index (χ4v) is 1.97. The van der Waals surface area contributed by atoms with Gasteiger partial charge in [0.1, 0.15) is 0 Å². The Kier molecular flexibility index (Phi) is 6.52. The van der Waals surface area contributed by atoms with E-state index in [0.29, 0.717) is 26.2 Å². The molecular formula is C13H22N2O4. The van der Waals surface area contributed by atoms with E-state index < -0.39 is 0 Å². The van der Waals surface area contributed by atoms with Crippen LogP contribution in [0.4, 0.5) is 0 Å². The second-order valence-corrected chi connectivity index (χ2v) is 4.48. The van der Waals surface area contributed by atoms with Crippen molar-refractivity contribution in [3.8, 4) is 0 Å². The van der Waals surface area contributed by atoms with Gasteiger partial charge >= 0.3 is 5.97 Å². The van der Waals surface area contributed by atoms with E-state index in [-0.39, 0.29) is 30.4 Å². The van der Waals surface area contributed by atoms with Crippen LogP contribution in [0, 0.1) is 0 Å². The lowest BCUT2D eigenvalue weighted by Crippen LogP contribution is -2.52. The van der Waals surface area contributed by atoms with Crippen molar-refractivity contribution in [3.63, 3.8) is 0 Å². The minimum atomic E-state index is -0.296. The molecule has 6 heteroatoms. The van der Waals surface area contributed by atoms with Crippen LogP contribution in [-0.2, 0) is 19.1 Å². The van der Waals surface area contributed by atoms with E-state index in [1.807, 2.05) is 11.8 Å². The Balaban J connectivity index is 2.46. The first kappa shape index (κ1) is 15.7. The summed E-state index contributed by atoms with van der Waals surface area (Å²) < 4.78 is 10.1. The molecule has 0 bridgehead atoms. The Hall–Kier alpha value is -1.40. The number of carbonyl (C=O) groups excluding carboxylic acids is 2. The number of amides is 1. The topological polar surface area (TPSA) is 67.9 Å². The molecular weight excluding hydrogens is 248 g/mol. The Morgan fingerprint density at radius 3 is 3.00 bits per heavy atom. The first-order chi connectivity index (χ1) is 9.08. The fraction of sp³-hybridized carbons (Fsp3) is 0.692. The zero-order valence-electron chi connectivity index (χ0n) is 11.6. The SMILES string of the molecule is C=CCNC(=O)C(C)N1CCOC(CC(=O)OC)C1. The van der Waals surface area contributed by atoms with Crippen molar-refractivity contribution in [2.24, 2.45) is 0 Å². The Labute approximate surface area is 113 Å². The normalized spacial score (nSPS) is 21.5. The molecule has 1 aliphatic rings. The van der Waals surface area contributed by atoms with Gasteiger partial charge in [-0.1, -0.05) is 6.08 Å². The van der Waals surface area contributed by atoms with E-state index >= 15 is 0 Å².